The number of nitrogens with one attached hydrogen (secondary N) is 1. The van der Waals surface area contributed by atoms with Gasteiger partial charge in [0.1, 0.15) is 0 Å². The maximum atomic E-state index is 13.6. The van der Waals surface area contributed by atoms with E-state index in [0.717, 1.165) is 17.2 Å². The van der Waals surface area contributed by atoms with Crippen LogP contribution >= 0.6 is 11.6 Å². The number of nitrogens with two attached hydrogens (primary N) is 1. The van der Waals surface area contributed by atoms with Gasteiger partial charge in [-0.3, -0.25) is 0 Å². The number of anilines is 1. The van der Waals surface area contributed by atoms with E-state index in [-0.39, 0.29) is 5.56 Å². The molecule has 2 aromatic carbocycles. The van der Waals surface area contributed by atoms with Gasteiger partial charge >= 0.3 is 6.18 Å². The Hall–Kier alpha value is -2.40. The van der Waals surface area contributed by atoms with Crippen LogP contribution in [0.3, 0.4) is 0 Å². The highest BCUT2D eigenvalue weighted by Gasteiger charge is 2.39. The second-order valence-electron chi connectivity index (χ2n) is 6.04. The molecule has 26 heavy (non-hydrogen) atoms. The molecule has 0 bridgehead atoms. The van der Waals surface area contributed by atoms with E-state index in [9.17, 15) is 13.2 Å². The molecule has 0 spiro atoms. The van der Waals surface area contributed by atoms with Gasteiger partial charge in [0.2, 0.25) is 0 Å². The van der Waals surface area contributed by atoms with Crippen molar-refractivity contribution in [3.05, 3.63) is 82.2 Å². The zero-order chi connectivity index (χ0) is 19.3. The van der Waals surface area contributed by atoms with Crippen LogP contribution in [0.4, 0.5) is 18.9 Å². The Kier molecular flexibility index (Phi) is 6.37. The van der Waals surface area contributed by atoms with Gasteiger partial charge in [0.15, 0.2) is 0 Å². The summed E-state index contributed by atoms with van der Waals surface area (Å²) in [6.45, 7) is 3.57. The molecule has 0 heterocycles. The van der Waals surface area contributed by atoms with E-state index >= 15 is 0 Å². The number of hydrogen-bond donors (Lipinski definition) is 2. The first kappa shape index (κ1) is 19.9. The molecule has 0 aromatic heterocycles. The Bertz CT molecular complexity index is 806. The van der Waals surface area contributed by atoms with Gasteiger partial charge in [-0.2, -0.15) is 13.2 Å². The first-order valence-electron chi connectivity index (χ1n) is 7.96. The molecule has 0 aliphatic carbocycles. The maximum Gasteiger partial charge on any atom is 0.399 e. The molecule has 6 heteroatoms. The summed E-state index contributed by atoms with van der Waals surface area (Å²) < 4.78 is 40.7. The standard InChI is InChI=1S/C20H20ClF3N2/c1-13-9-14(2)11-16(10-13)18(20(22,23)24)6-4-15-3-5-17(12-19(15)21)26-8-7-25/h3-12,18,26H,25H2,1-2H3/b6-4+,8-7+. The molecule has 0 saturated carbocycles. The minimum atomic E-state index is -4.39. The van der Waals surface area contributed by atoms with Crippen LogP contribution in [0.1, 0.15) is 28.2 Å². The number of rotatable bonds is 5. The lowest BCUT2D eigenvalue weighted by Crippen LogP contribution is -2.19. The minimum Gasteiger partial charge on any atom is -0.403 e. The van der Waals surface area contributed by atoms with Gasteiger partial charge in [0, 0.05) is 23.1 Å². The molecule has 0 radical (unpaired) electrons. The predicted octanol–water partition coefficient (Wildman–Crippen LogP) is 6.16. The first-order chi connectivity index (χ1) is 12.2. The lowest BCUT2D eigenvalue weighted by Gasteiger charge is -2.18. The highest BCUT2D eigenvalue weighted by molar-refractivity contribution is 6.32. The van der Waals surface area contributed by atoms with Crippen molar-refractivity contribution in [2.75, 3.05) is 5.32 Å². The lowest BCUT2D eigenvalue weighted by atomic mass is 9.94. The molecule has 0 saturated heterocycles. The Labute approximate surface area is 156 Å². The molecule has 0 aliphatic heterocycles. The van der Waals surface area contributed by atoms with Crippen molar-refractivity contribution in [2.45, 2.75) is 25.9 Å². The summed E-state index contributed by atoms with van der Waals surface area (Å²) >= 11 is 6.17. The van der Waals surface area contributed by atoms with Gasteiger partial charge < -0.3 is 11.1 Å². The van der Waals surface area contributed by atoms with Gasteiger partial charge in [-0.25, -0.2) is 0 Å². The van der Waals surface area contributed by atoms with Crippen LogP contribution < -0.4 is 11.1 Å². The third kappa shape index (κ3) is 5.30. The van der Waals surface area contributed by atoms with Crippen LogP contribution in [-0.2, 0) is 0 Å². The van der Waals surface area contributed by atoms with Crippen LogP contribution in [0, 0.1) is 13.8 Å². The molecule has 2 aromatic rings. The van der Waals surface area contributed by atoms with Crippen LogP contribution in [0.15, 0.2) is 54.9 Å². The second kappa shape index (κ2) is 8.32. The zero-order valence-corrected chi connectivity index (χ0v) is 15.2. The third-order valence-corrected chi connectivity index (χ3v) is 4.10. The highest BCUT2D eigenvalue weighted by Crippen LogP contribution is 2.37. The molecule has 0 fully saturated rings. The van der Waals surface area contributed by atoms with E-state index in [1.807, 2.05) is 6.07 Å². The normalized spacial score (nSPS) is 13.5. The fourth-order valence-electron chi connectivity index (χ4n) is 2.69. The quantitative estimate of drug-likeness (QED) is 0.652. The van der Waals surface area contributed by atoms with Crippen molar-refractivity contribution in [3.63, 3.8) is 0 Å². The molecular formula is C20H20ClF3N2. The molecular weight excluding hydrogens is 361 g/mol. The number of hydrogen-bond acceptors (Lipinski definition) is 2. The van der Waals surface area contributed by atoms with Crippen molar-refractivity contribution < 1.29 is 13.2 Å². The summed E-state index contributed by atoms with van der Waals surface area (Å²) in [6.07, 6.45) is 1.01. The smallest absolute Gasteiger partial charge is 0.399 e. The Morgan fingerprint density at radius 2 is 1.73 bits per heavy atom. The Balaban J connectivity index is 2.34. The topological polar surface area (TPSA) is 38.0 Å². The largest absolute Gasteiger partial charge is 0.403 e. The molecule has 2 rings (SSSR count). The second-order valence-corrected chi connectivity index (χ2v) is 6.45. The van der Waals surface area contributed by atoms with E-state index < -0.39 is 12.1 Å². The van der Waals surface area contributed by atoms with E-state index in [2.05, 4.69) is 5.32 Å². The van der Waals surface area contributed by atoms with Crippen LogP contribution in [-0.4, -0.2) is 6.18 Å². The van der Waals surface area contributed by atoms with Gasteiger partial charge in [-0.1, -0.05) is 59.1 Å². The third-order valence-electron chi connectivity index (χ3n) is 3.77. The molecule has 0 aliphatic rings. The van der Waals surface area contributed by atoms with E-state index in [1.165, 1.54) is 18.5 Å². The molecule has 3 N–H and O–H groups in total. The summed E-state index contributed by atoms with van der Waals surface area (Å²) in [5.41, 5.74) is 8.25. The van der Waals surface area contributed by atoms with Gasteiger partial charge in [-0.15, -0.1) is 0 Å². The maximum absolute atomic E-state index is 13.6. The van der Waals surface area contributed by atoms with E-state index in [4.69, 9.17) is 17.3 Å². The van der Waals surface area contributed by atoms with Crippen LogP contribution in [0.25, 0.3) is 6.08 Å². The molecule has 138 valence electrons. The molecule has 1 unspecified atom stereocenters. The fraction of sp³-hybridized carbons (Fsp3) is 0.200. The number of aryl methyl sites for hydroxylation is 2. The molecule has 2 nitrogen and oxygen atoms in total. The first-order valence-corrected chi connectivity index (χ1v) is 8.34. The average molecular weight is 381 g/mol. The number of halogens is 4. The lowest BCUT2D eigenvalue weighted by molar-refractivity contribution is -0.139. The highest BCUT2D eigenvalue weighted by atomic mass is 35.5. The van der Waals surface area contributed by atoms with Gasteiger partial charge in [0.05, 0.1) is 5.92 Å². The zero-order valence-electron chi connectivity index (χ0n) is 14.4. The van der Waals surface area contributed by atoms with Crippen molar-refractivity contribution in [1.82, 2.24) is 0 Å². The fourth-order valence-corrected chi connectivity index (χ4v) is 2.94. The predicted molar refractivity (Wildman–Crippen MR) is 102 cm³/mol. The van der Waals surface area contributed by atoms with E-state index in [1.54, 1.807) is 44.2 Å². The summed E-state index contributed by atoms with van der Waals surface area (Å²) in [4.78, 5) is 0. The Morgan fingerprint density at radius 1 is 1.08 bits per heavy atom. The number of allylic oxidation sites excluding steroid dienone is 1. The van der Waals surface area contributed by atoms with Crippen LogP contribution in [0.5, 0.6) is 0 Å². The van der Waals surface area contributed by atoms with Gasteiger partial charge in [-0.05, 0) is 37.1 Å². The van der Waals surface area contributed by atoms with Crippen molar-refractivity contribution in [2.24, 2.45) is 5.73 Å². The van der Waals surface area contributed by atoms with E-state index in [0.29, 0.717) is 16.3 Å². The number of benzene rings is 2. The van der Waals surface area contributed by atoms with Crippen LogP contribution in [0.2, 0.25) is 5.02 Å². The monoisotopic (exact) mass is 380 g/mol. The van der Waals surface area contributed by atoms with Crippen molar-refractivity contribution in [1.29, 1.82) is 0 Å². The SMILES string of the molecule is Cc1cc(C)cc(C(/C=C/c2ccc(N/C=C/N)cc2Cl)C(F)(F)F)c1. The average Bonchev–Trinajstić information content (AvgIpc) is 2.52. The molecule has 1 atom stereocenters. The summed E-state index contributed by atoms with van der Waals surface area (Å²) in [5.74, 6) is -1.70. The Morgan fingerprint density at radius 3 is 2.27 bits per heavy atom. The van der Waals surface area contributed by atoms with Crippen molar-refractivity contribution in [3.8, 4) is 0 Å². The molecule has 0 amide bonds. The van der Waals surface area contributed by atoms with Gasteiger partial charge in [0.25, 0.3) is 0 Å². The van der Waals surface area contributed by atoms with Crippen molar-refractivity contribution >= 4 is 23.4 Å². The number of alkyl halides is 3. The summed E-state index contributed by atoms with van der Waals surface area (Å²) in [5, 5.41) is 3.24. The summed E-state index contributed by atoms with van der Waals surface area (Å²) in [7, 11) is 0. The summed E-state index contributed by atoms with van der Waals surface area (Å²) in [6, 6.07) is 9.96. The minimum absolute atomic E-state index is 0.216.